The van der Waals surface area contributed by atoms with Crippen LogP contribution in [-0.4, -0.2) is 27.3 Å². The molecule has 0 aromatic carbocycles. The Labute approximate surface area is 107 Å². The van der Waals surface area contributed by atoms with Gasteiger partial charge in [0.05, 0.1) is 12.8 Å². The van der Waals surface area contributed by atoms with Gasteiger partial charge in [0.15, 0.2) is 5.82 Å². The Kier molecular flexibility index (Phi) is 3.53. The highest BCUT2D eigenvalue weighted by Crippen LogP contribution is 2.20. The Morgan fingerprint density at radius 3 is 3.00 bits per heavy atom. The van der Waals surface area contributed by atoms with Crippen LogP contribution < -0.4 is 0 Å². The van der Waals surface area contributed by atoms with E-state index in [9.17, 15) is 4.79 Å². The van der Waals surface area contributed by atoms with E-state index < -0.39 is 5.97 Å². The zero-order valence-electron chi connectivity index (χ0n) is 9.13. The molecule has 0 aliphatic rings. The van der Waals surface area contributed by atoms with Gasteiger partial charge in [-0.2, -0.15) is 5.10 Å². The minimum Gasteiger partial charge on any atom is -0.462 e. The number of carbonyl (C=O) groups excluding carboxylic acids is 1. The van der Waals surface area contributed by atoms with Crippen molar-refractivity contribution in [2.45, 2.75) is 6.92 Å². The molecule has 0 aliphatic heterocycles. The molecule has 2 aromatic heterocycles. The maximum atomic E-state index is 11.6. The fourth-order valence-corrected chi connectivity index (χ4v) is 1.86. The number of hydrogen-bond donors (Lipinski definition) is 0. The molecule has 0 atom stereocenters. The van der Waals surface area contributed by atoms with Gasteiger partial charge in [0.25, 0.3) is 0 Å². The molecule has 0 unspecified atom stereocenters. The lowest BCUT2D eigenvalue weighted by Gasteiger charge is -2.02. The molecule has 17 heavy (non-hydrogen) atoms. The molecule has 0 radical (unpaired) electrons. The van der Waals surface area contributed by atoms with Crippen molar-refractivity contribution in [2.24, 2.45) is 0 Å². The topological polar surface area (TPSA) is 57.0 Å². The van der Waals surface area contributed by atoms with Gasteiger partial charge in [0, 0.05) is 6.20 Å². The summed E-state index contributed by atoms with van der Waals surface area (Å²) in [6.45, 7) is 2.09. The van der Waals surface area contributed by atoms with Crippen LogP contribution in [-0.2, 0) is 4.74 Å². The van der Waals surface area contributed by atoms with Gasteiger partial charge in [0.1, 0.15) is 10.2 Å². The second-order valence-corrected chi connectivity index (χ2v) is 3.92. The van der Waals surface area contributed by atoms with Crippen LogP contribution in [0.5, 0.6) is 0 Å². The first-order chi connectivity index (χ1) is 8.24. The Bertz CT molecular complexity index is 525. The van der Waals surface area contributed by atoms with Gasteiger partial charge >= 0.3 is 5.97 Å². The molecule has 0 aliphatic carbocycles. The van der Waals surface area contributed by atoms with Crippen molar-refractivity contribution in [3.63, 3.8) is 0 Å². The van der Waals surface area contributed by atoms with Crippen molar-refractivity contribution < 1.29 is 9.53 Å². The van der Waals surface area contributed by atoms with E-state index >= 15 is 0 Å². The minimum atomic E-state index is -0.401. The molecule has 88 valence electrons. The summed E-state index contributed by atoms with van der Waals surface area (Å²) in [5.41, 5.74) is 0.387. The zero-order chi connectivity index (χ0) is 12.3. The molecule has 0 amide bonds. The van der Waals surface area contributed by atoms with Crippen LogP contribution in [0, 0.1) is 0 Å². The lowest BCUT2D eigenvalue weighted by atomic mass is 10.4. The summed E-state index contributed by atoms with van der Waals surface area (Å²) in [4.78, 5) is 15.7. The van der Waals surface area contributed by atoms with Crippen molar-refractivity contribution in [1.82, 2.24) is 14.8 Å². The molecule has 0 bridgehead atoms. The Balaban J connectivity index is 2.37. The lowest BCUT2D eigenvalue weighted by molar-refractivity contribution is 0.0525. The van der Waals surface area contributed by atoms with Crippen LogP contribution >= 0.6 is 15.9 Å². The van der Waals surface area contributed by atoms with Crippen molar-refractivity contribution in [3.05, 3.63) is 40.8 Å². The minimum absolute atomic E-state index is 0.333. The number of esters is 1. The van der Waals surface area contributed by atoms with Crippen molar-refractivity contribution >= 4 is 21.9 Å². The van der Waals surface area contributed by atoms with E-state index in [2.05, 4.69) is 26.0 Å². The number of pyridine rings is 1. The molecule has 2 heterocycles. The van der Waals surface area contributed by atoms with Gasteiger partial charge < -0.3 is 4.74 Å². The third-order valence-electron chi connectivity index (χ3n) is 2.07. The van der Waals surface area contributed by atoms with Gasteiger partial charge in [-0.05, 0) is 35.0 Å². The van der Waals surface area contributed by atoms with Crippen LogP contribution in [0.25, 0.3) is 5.82 Å². The monoisotopic (exact) mass is 295 g/mol. The molecule has 2 aromatic rings. The summed E-state index contributed by atoms with van der Waals surface area (Å²) in [5, 5.41) is 4.10. The highest BCUT2D eigenvalue weighted by atomic mass is 79.9. The van der Waals surface area contributed by atoms with E-state index in [1.54, 1.807) is 19.2 Å². The summed E-state index contributed by atoms with van der Waals surface area (Å²) < 4.78 is 6.99. The van der Waals surface area contributed by atoms with E-state index in [0.29, 0.717) is 22.6 Å². The van der Waals surface area contributed by atoms with Crippen LogP contribution in [0.1, 0.15) is 17.3 Å². The van der Waals surface area contributed by atoms with Gasteiger partial charge in [-0.25, -0.2) is 14.5 Å². The first kappa shape index (κ1) is 11.8. The highest BCUT2D eigenvalue weighted by molar-refractivity contribution is 9.10. The zero-order valence-corrected chi connectivity index (χ0v) is 10.7. The Hall–Kier alpha value is -1.69. The van der Waals surface area contributed by atoms with E-state index in [1.807, 2.05) is 12.1 Å². The molecule has 6 heteroatoms. The molecule has 0 saturated heterocycles. The molecular formula is C11H10BrN3O2. The standard InChI is InChI=1S/C11H10BrN3O2/c1-2-17-11(16)8-7-14-15(10(8)12)9-5-3-4-6-13-9/h3-7H,2H2,1H3. The van der Waals surface area contributed by atoms with Crippen LogP contribution in [0.4, 0.5) is 0 Å². The smallest absolute Gasteiger partial charge is 0.342 e. The largest absolute Gasteiger partial charge is 0.462 e. The summed E-state index contributed by atoms with van der Waals surface area (Å²) in [7, 11) is 0. The van der Waals surface area contributed by atoms with Crippen LogP contribution in [0.2, 0.25) is 0 Å². The third kappa shape index (κ3) is 2.36. The maximum absolute atomic E-state index is 11.6. The predicted octanol–water partition coefficient (Wildman–Crippen LogP) is 2.21. The maximum Gasteiger partial charge on any atom is 0.342 e. The number of carbonyl (C=O) groups is 1. The molecular weight excluding hydrogens is 286 g/mol. The van der Waals surface area contributed by atoms with Crippen molar-refractivity contribution in [1.29, 1.82) is 0 Å². The lowest BCUT2D eigenvalue weighted by Crippen LogP contribution is -2.05. The molecule has 0 spiro atoms. The number of halogens is 1. The fraction of sp³-hybridized carbons (Fsp3) is 0.182. The van der Waals surface area contributed by atoms with E-state index in [-0.39, 0.29) is 0 Å². The number of ether oxygens (including phenoxy) is 1. The quantitative estimate of drug-likeness (QED) is 0.815. The summed E-state index contributed by atoms with van der Waals surface area (Å²) in [6, 6.07) is 5.46. The van der Waals surface area contributed by atoms with Gasteiger partial charge in [0.2, 0.25) is 0 Å². The molecule has 2 rings (SSSR count). The molecule has 0 fully saturated rings. The molecule has 5 nitrogen and oxygen atoms in total. The van der Waals surface area contributed by atoms with E-state index in [4.69, 9.17) is 4.74 Å². The highest BCUT2D eigenvalue weighted by Gasteiger charge is 2.17. The SMILES string of the molecule is CCOC(=O)c1cnn(-c2ccccn2)c1Br. The fourth-order valence-electron chi connectivity index (χ4n) is 1.32. The third-order valence-corrected chi connectivity index (χ3v) is 2.84. The summed E-state index contributed by atoms with van der Waals surface area (Å²) >= 11 is 3.32. The first-order valence-corrected chi connectivity index (χ1v) is 5.85. The Morgan fingerprint density at radius 2 is 2.35 bits per heavy atom. The van der Waals surface area contributed by atoms with Crippen LogP contribution in [0.15, 0.2) is 35.2 Å². The van der Waals surface area contributed by atoms with Gasteiger partial charge in [-0.1, -0.05) is 6.07 Å². The average molecular weight is 296 g/mol. The van der Waals surface area contributed by atoms with Gasteiger partial charge in [-0.3, -0.25) is 0 Å². The van der Waals surface area contributed by atoms with E-state index in [1.165, 1.54) is 10.9 Å². The van der Waals surface area contributed by atoms with Crippen molar-refractivity contribution in [3.8, 4) is 5.82 Å². The normalized spacial score (nSPS) is 10.2. The number of aromatic nitrogens is 3. The van der Waals surface area contributed by atoms with E-state index in [0.717, 1.165) is 0 Å². The van der Waals surface area contributed by atoms with Gasteiger partial charge in [-0.15, -0.1) is 0 Å². The second kappa shape index (κ2) is 5.09. The van der Waals surface area contributed by atoms with Crippen LogP contribution in [0.3, 0.4) is 0 Å². The predicted molar refractivity (Wildman–Crippen MR) is 65.0 cm³/mol. The first-order valence-electron chi connectivity index (χ1n) is 5.06. The summed E-state index contributed by atoms with van der Waals surface area (Å²) in [5.74, 6) is 0.233. The number of hydrogen-bond acceptors (Lipinski definition) is 4. The average Bonchev–Trinajstić information content (AvgIpc) is 2.72. The van der Waals surface area contributed by atoms with Crippen molar-refractivity contribution in [2.75, 3.05) is 6.61 Å². The molecule has 0 N–H and O–H groups in total. The number of rotatable bonds is 3. The second-order valence-electron chi connectivity index (χ2n) is 3.17. The molecule has 0 saturated carbocycles. The number of nitrogens with zero attached hydrogens (tertiary/aromatic N) is 3. The Morgan fingerprint density at radius 1 is 1.53 bits per heavy atom. The summed E-state index contributed by atoms with van der Waals surface area (Å²) in [6.07, 6.45) is 3.12.